The third-order valence-electron chi connectivity index (χ3n) is 2.09. The molecule has 0 fully saturated rings. The van der Waals surface area contributed by atoms with Gasteiger partial charge < -0.3 is 5.73 Å². The zero-order valence-electron chi connectivity index (χ0n) is 9.26. The molecule has 0 saturated carbocycles. The van der Waals surface area contributed by atoms with E-state index < -0.39 is 10.0 Å². The van der Waals surface area contributed by atoms with Crippen molar-refractivity contribution >= 4 is 10.0 Å². The lowest BCUT2D eigenvalue weighted by Gasteiger charge is -2.11. The normalized spacial score (nSPS) is 13.6. The van der Waals surface area contributed by atoms with E-state index in [-0.39, 0.29) is 11.8 Å². The van der Waals surface area contributed by atoms with Gasteiger partial charge >= 0.3 is 0 Å². The molecule has 0 radical (unpaired) electrons. The van der Waals surface area contributed by atoms with E-state index >= 15 is 0 Å². The van der Waals surface area contributed by atoms with Crippen LogP contribution in [0.4, 0.5) is 0 Å². The molecule has 0 unspecified atom stereocenters. The molecule has 0 aromatic carbocycles. The zero-order valence-corrected chi connectivity index (χ0v) is 10.1. The first kappa shape index (κ1) is 13.1. The molecule has 0 saturated heterocycles. The molecule has 90 valence electrons. The van der Waals surface area contributed by atoms with E-state index in [1.54, 1.807) is 19.2 Å². The molecule has 1 aromatic heterocycles. The van der Waals surface area contributed by atoms with Gasteiger partial charge in [0.25, 0.3) is 0 Å². The molecular formula is C10H17N3O2S. The van der Waals surface area contributed by atoms with Crippen LogP contribution in [0.15, 0.2) is 24.4 Å². The van der Waals surface area contributed by atoms with Crippen molar-refractivity contribution < 1.29 is 8.42 Å². The highest BCUT2D eigenvalue weighted by atomic mass is 32.2. The average molecular weight is 243 g/mol. The first-order chi connectivity index (χ1) is 7.53. The summed E-state index contributed by atoms with van der Waals surface area (Å²) >= 11 is 0. The van der Waals surface area contributed by atoms with Gasteiger partial charge in [-0.05, 0) is 19.1 Å². The molecule has 0 spiro atoms. The van der Waals surface area contributed by atoms with Crippen molar-refractivity contribution in [2.75, 3.05) is 12.3 Å². The first-order valence-electron chi connectivity index (χ1n) is 5.13. The number of rotatable bonds is 6. The van der Waals surface area contributed by atoms with E-state index in [4.69, 9.17) is 5.73 Å². The lowest BCUT2D eigenvalue weighted by Crippen LogP contribution is -2.39. The van der Waals surface area contributed by atoms with Crippen molar-refractivity contribution in [1.82, 2.24) is 9.71 Å². The van der Waals surface area contributed by atoms with Crippen LogP contribution in [0.25, 0.3) is 0 Å². The molecule has 5 nitrogen and oxygen atoms in total. The molecule has 1 aromatic rings. The van der Waals surface area contributed by atoms with Gasteiger partial charge in [0, 0.05) is 30.9 Å². The summed E-state index contributed by atoms with van der Waals surface area (Å²) in [5.74, 6) is 0.0361. The monoisotopic (exact) mass is 243 g/mol. The van der Waals surface area contributed by atoms with Crippen LogP contribution in [0.3, 0.4) is 0 Å². The van der Waals surface area contributed by atoms with E-state index in [1.807, 2.05) is 12.1 Å². The molecule has 1 rings (SSSR count). The molecule has 3 N–H and O–H groups in total. The number of hydrogen-bond acceptors (Lipinski definition) is 4. The second-order valence-corrected chi connectivity index (χ2v) is 5.52. The molecule has 0 bridgehead atoms. The Morgan fingerprint density at radius 1 is 1.50 bits per heavy atom. The number of nitrogens with zero attached hydrogens (tertiary/aromatic N) is 1. The highest BCUT2D eigenvalue weighted by Gasteiger charge is 2.13. The summed E-state index contributed by atoms with van der Waals surface area (Å²) in [6.07, 6.45) is 2.06. The van der Waals surface area contributed by atoms with Crippen molar-refractivity contribution in [1.29, 1.82) is 0 Å². The molecule has 6 heteroatoms. The molecule has 1 atom stereocenters. The minimum absolute atomic E-state index is 0.0361. The lowest BCUT2D eigenvalue weighted by atomic mass is 10.3. The molecule has 0 aliphatic heterocycles. The van der Waals surface area contributed by atoms with Crippen LogP contribution < -0.4 is 10.5 Å². The Hall–Kier alpha value is -0.980. The fourth-order valence-electron chi connectivity index (χ4n) is 1.20. The number of pyridine rings is 1. The van der Waals surface area contributed by atoms with E-state index in [0.717, 1.165) is 5.69 Å². The third-order valence-corrected chi connectivity index (χ3v) is 3.59. The number of hydrogen-bond donors (Lipinski definition) is 2. The standard InChI is InChI=1S/C10H17N3O2S/c1-9(8-11)13-16(14,15)7-5-10-4-2-3-6-12-10/h2-4,6,9,13H,5,7-8,11H2,1H3/t9-/m1/s1. The number of aryl methyl sites for hydroxylation is 1. The second kappa shape index (κ2) is 5.93. The lowest BCUT2D eigenvalue weighted by molar-refractivity contribution is 0.561. The van der Waals surface area contributed by atoms with Crippen molar-refractivity contribution in [2.45, 2.75) is 19.4 Å². The van der Waals surface area contributed by atoms with Crippen molar-refractivity contribution in [3.63, 3.8) is 0 Å². The van der Waals surface area contributed by atoms with E-state index in [9.17, 15) is 8.42 Å². The van der Waals surface area contributed by atoms with Crippen LogP contribution in [0, 0.1) is 0 Å². The fraction of sp³-hybridized carbons (Fsp3) is 0.500. The molecule has 0 aliphatic rings. The van der Waals surface area contributed by atoms with Crippen LogP contribution in [0.1, 0.15) is 12.6 Å². The van der Waals surface area contributed by atoms with Gasteiger partial charge in [-0.1, -0.05) is 6.07 Å². The van der Waals surface area contributed by atoms with Crippen molar-refractivity contribution in [3.8, 4) is 0 Å². The highest BCUT2D eigenvalue weighted by Crippen LogP contribution is 1.98. The van der Waals surface area contributed by atoms with Gasteiger partial charge in [-0.3, -0.25) is 4.98 Å². The van der Waals surface area contributed by atoms with Crippen LogP contribution in [0.5, 0.6) is 0 Å². The Morgan fingerprint density at radius 3 is 2.81 bits per heavy atom. The summed E-state index contributed by atoms with van der Waals surface area (Å²) in [6.45, 7) is 2.03. The molecule has 0 amide bonds. The van der Waals surface area contributed by atoms with Gasteiger partial charge in [-0.2, -0.15) is 0 Å². The summed E-state index contributed by atoms with van der Waals surface area (Å²) in [7, 11) is -3.26. The summed E-state index contributed by atoms with van der Waals surface area (Å²) in [6, 6.07) is 5.22. The van der Waals surface area contributed by atoms with E-state index in [0.29, 0.717) is 13.0 Å². The van der Waals surface area contributed by atoms with Crippen LogP contribution in [0.2, 0.25) is 0 Å². The molecule has 1 heterocycles. The maximum absolute atomic E-state index is 11.6. The summed E-state index contributed by atoms with van der Waals surface area (Å²) < 4.78 is 25.7. The Labute approximate surface area is 96.1 Å². The molecular weight excluding hydrogens is 226 g/mol. The second-order valence-electron chi connectivity index (χ2n) is 3.64. The average Bonchev–Trinajstić information content (AvgIpc) is 2.27. The van der Waals surface area contributed by atoms with Crippen molar-refractivity contribution in [2.24, 2.45) is 5.73 Å². The van der Waals surface area contributed by atoms with Crippen LogP contribution in [-0.2, 0) is 16.4 Å². The zero-order chi connectivity index (χ0) is 12.0. The van der Waals surface area contributed by atoms with Crippen LogP contribution in [-0.4, -0.2) is 31.7 Å². The van der Waals surface area contributed by atoms with Gasteiger partial charge in [0.05, 0.1) is 5.75 Å². The maximum Gasteiger partial charge on any atom is 0.212 e. The minimum Gasteiger partial charge on any atom is -0.329 e. The molecule has 16 heavy (non-hydrogen) atoms. The molecule has 0 aliphatic carbocycles. The quantitative estimate of drug-likeness (QED) is 0.730. The van der Waals surface area contributed by atoms with Crippen LogP contribution >= 0.6 is 0 Å². The Kier molecular flexibility index (Phi) is 4.85. The largest absolute Gasteiger partial charge is 0.329 e. The topological polar surface area (TPSA) is 85.1 Å². The van der Waals surface area contributed by atoms with Crippen molar-refractivity contribution in [3.05, 3.63) is 30.1 Å². The predicted octanol–water partition coefficient (Wildman–Crippen LogP) is -0.109. The smallest absolute Gasteiger partial charge is 0.212 e. The third kappa shape index (κ3) is 4.69. The van der Waals surface area contributed by atoms with Gasteiger partial charge in [-0.15, -0.1) is 0 Å². The fourth-order valence-corrected chi connectivity index (χ4v) is 2.50. The van der Waals surface area contributed by atoms with E-state index in [1.165, 1.54) is 0 Å². The predicted molar refractivity (Wildman–Crippen MR) is 63.4 cm³/mol. The number of nitrogens with one attached hydrogen (secondary N) is 1. The van der Waals surface area contributed by atoms with Gasteiger partial charge in [0.1, 0.15) is 0 Å². The van der Waals surface area contributed by atoms with Gasteiger partial charge in [0.15, 0.2) is 0 Å². The Morgan fingerprint density at radius 2 is 2.25 bits per heavy atom. The Balaban J connectivity index is 2.49. The maximum atomic E-state index is 11.6. The number of aromatic nitrogens is 1. The van der Waals surface area contributed by atoms with Gasteiger partial charge in [-0.25, -0.2) is 13.1 Å². The highest BCUT2D eigenvalue weighted by molar-refractivity contribution is 7.89. The number of sulfonamides is 1. The minimum atomic E-state index is -3.26. The Bertz CT molecular complexity index is 405. The summed E-state index contributed by atoms with van der Waals surface area (Å²) in [5, 5.41) is 0. The first-order valence-corrected chi connectivity index (χ1v) is 6.78. The summed E-state index contributed by atoms with van der Waals surface area (Å²) in [5.41, 5.74) is 6.12. The number of nitrogens with two attached hydrogens (primary N) is 1. The summed E-state index contributed by atoms with van der Waals surface area (Å²) in [4.78, 5) is 4.06. The van der Waals surface area contributed by atoms with E-state index in [2.05, 4.69) is 9.71 Å². The van der Waals surface area contributed by atoms with Gasteiger partial charge in [0.2, 0.25) is 10.0 Å². The SMILES string of the molecule is C[C@H](CN)NS(=O)(=O)CCc1ccccn1.